The van der Waals surface area contributed by atoms with E-state index in [0.717, 1.165) is 0 Å². The highest BCUT2D eigenvalue weighted by molar-refractivity contribution is 5.72. The van der Waals surface area contributed by atoms with Gasteiger partial charge in [0.2, 0.25) is 0 Å². The van der Waals surface area contributed by atoms with Gasteiger partial charge < -0.3 is 5.11 Å². The van der Waals surface area contributed by atoms with E-state index in [2.05, 4.69) is 4.99 Å². The topological polar surface area (TPSA) is 32.6 Å². The standard InChI is InChI=1S/C7H11NO/c1-6-7(2,9)4-3-5-8-6/h3-6,9H,1-2H3. The Hall–Kier alpha value is -0.630. The summed E-state index contributed by atoms with van der Waals surface area (Å²) in [4.78, 5) is 4.02. The normalized spacial score (nSPS) is 41.4. The third-order valence-corrected chi connectivity index (χ3v) is 1.68. The van der Waals surface area contributed by atoms with Gasteiger partial charge >= 0.3 is 0 Å². The first-order valence-corrected chi connectivity index (χ1v) is 3.06. The number of dihydropyridines is 1. The zero-order valence-corrected chi connectivity index (χ0v) is 5.70. The van der Waals surface area contributed by atoms with E-state index in [1.165, 1.54) is 0 Å². The Kier molecular flexibility index (Phi) is 1.41. The fourth-order valence-electron chi connectivity index (χ4n) is 0.707. The lowest BCUT2D eigenvalue weighted by molar-refractivity contribution is 0.0883. The third kappa shape index (κ3) is 1.19. The van der Waals surface area contributed by atoms with Gasteiger partial charge in [0.15, 0.2) is 0 Å². The third-order valence-electron chi connectivity index (χ3n) is 1.68. The summed E-state index contributed by atoms with van der Waals surface area (Å²) >= 11 is 0. The van der Waals surface area contributed by atoms with E-state index in [9.17, 15) is 5.11 Å². The first-order chi connectivity index (χ1) is 4.13. The smallest absolute Gasteiger partial charge is 0.102 e. The second-order valence-corrected chi connectivity index (χ2v) is 2.56. The molecular weight excluding hydrogens is 114 g/mol. The summed E-state index contributed by atoms with van der Waals surface area (Å²) in [5.41, 5.74) is -0.741. The summed E-state index contributed by atoms with van der Waals surface area (Å²) < 4.78 is 0. The predicted octanol–water partition coefficient (Wildman–Crippen LogP) is 0.766. The van der Waals surface area contributed by atoms with Crippen molar-refractivity contribution in [2.45, 2.75) is 25.5 Å². The largest absolute Gasteiger partial charge is 0.384 e. The fraction of sp³-hybridized carbons (Fsp3) is 0.571. The van der Waals surface area contributed by atoms with E-state index in [0.29, 0.717) is 0 Å². The van der Waals surface area contributed by atoms with Crippen molar-refractivity contribution in [3.8, 4) is 0 Å². The van der Waals surface area contributed by atoms with Crippen molar-refractivity contribution in [2.24, 2.45) is 4.99 Å². The van der Waals surface area contributed by atoms with Crippen molar-refractivity contribution in [1.29, 1.82) is 0 Å². The van der Waals surface area contributed by atoms with Crippen LogP contribution in [0.15, 0.2) is 17.1 Å². The van der Waals surface area contributed by atoms with Crippen molar-refractivity contribution in [2.75, 3.05) is 0 Å². The molecule has 0 aliphatic carbocycles. The highest BCUT2D eigenvalue weighted by Gasteiger charge is 2.25. The van der Waals surface area contributed by atoms with Crippen molar-refractivity contribution < 1.29 is 5.11 Å². The quantitative estimate of drug-likeness (QED) is 0.509. The van der Waals surface area contributed by atoms with Crippen LogP contribution in [0.5, 0.6) is 0 Å². The minimum Gasteiger partial charge on any atom is -0.384 e. The van der Waals surface area contributed by atoms with Gasteiger partial charge in [0.05, 0.1) is 6.04 Å². The molecule has 0 saturated carbocycles. The first kappa shape index (κ1) is 6.49. The molecule has 1 rings (SSSR count). The molecule has 0 spiro atoms. The Morgan fingerprint density at radius 3 is 2.67 bits per heavy atom. The summed E-state index contributed by atoms with van der Waals surface area (Å²) in [5, 5.41) is 9.44. The molecule has 9 heavy (non-hydrogen) atoms. The summed E-state index contributed by atoms with van der Waals surface area (Å²) in [6.45, 7) is 3.64. The van der Waals surface area contributed by atoms with Gasteiger partial charge in [0, 0.05) is 6.21 Å². The van der Waals surface area contributed by atoms with E-state index in [-0.39, 0.29) is 6.04 Å². The fourth-order valence-corrected chi connectivity index (χ4v) is 0.707. The highest BCUT2D eigenvalue weighted by atomic mass is 16.3. The van der Waals surface area contributed by atoms with Crippen molar-refractivity contribution in [3.05, 3.63) is 12.2 Å². The first-order valence-electron chi connectivity index (χ1n) is 3.06. The minimum atomic E-state index is -0.741. The number of aliphatic hydroxyl groups is 1. The molecule has 0 saturated heterocycles. The summed E-state index contributed by atoms with van der Waals surface area (Å²) in [6.07, 6.45) is 5.23. The van der Waals surface area contributed by atoms with Crippen LogP contribution in [-0.2, 0) is 0 Å². The lowest BCUT2D eigenvalue weighted by Crippen LogP contribution is -2.35. The Labute approximate surface area is 54.9 Å². The monoisotopic (exact) mass is 125 g/mol. The SMILES string of the molecule is CC1N=CC=CC1(C)O. The number of nitrogens with zero attached hydrogens (tertiary/aromatic N) is 1. The van der Waals surface area contributed by atoms with Gasteiger partial charge in [-0.25, -0.2) is 0 Å². The zero-order chi connectivity index (χ0) is 6.91. The molecule has 2 nitrogen and oxygen atoms in total. The molecule has 2 heteroatoms. The molecule has 2 atom stereocenters. The van der Waals surface area contributed by atoms with E-state index in [4.69, 9.17) is 0 Å². The molecule has 1 aliphatic rings. The average molecular weight is 125 g/mol. The lowest BCUT2D eigenvalue weighted by atomic mass is 9.96. The molecule has 0 amide bonds. The van der Waals surface area contributed by atoms with Crippen LogP contribution in [0, 0.1) is 0 Å². The van der Waals surface area contributed by atoms with Crippen LogP contribution in [0.1, 0.15) is 13.8 Å². The van der Waals surface area contributed by atoms with Gasteiger partial charge in [-0.15, -0.1) is 0 Å². The van der Waals surface area contributed by atoms with Gasteiger partial charge in [0.1, 0.15) is 5.60 Å². The molecule has 1 aliphatic heterocycles. The van der Waals surface area contributed by atoms with Gasteiger partial charge in [-0.1, -0.05) is 0 Å². The molecule has 1 heterocycles. The maximum absolute atomic E-state index is 9.44. The molecule has 0 radical (unpaired) electrons. The number of aliphatic imine (C=N–C) groups is 1. The maximum atomic E-state index is 9.44. The summed E-state index contributed by atoms with van der Waals surface area (Å²) in [5.74, 6) is 0. The van der Waals surface area contributed by atoms with E-state index < -0.39 is 5.60 Å². The van der Waals surface area contributed by atoms with Gasteiger partial charge in [0.25, 0.3) is 0 Å². The molecule has 0 aromatic heterocycles. The number of hydrogen-bond donors (Lipinski definition) is 1. The van der Waals surface area contributed by atoms with Crippen LogP contribution in [0.25, 0.3) is 0 Å². The number of rotatable bonds is 0. The summed E-state index contributed by atoms with van der Waals surface area (Å²) in [6, 6.07) is -0.0116. The van der Waals surface area contributed by atoms with Crippen molar-refractivity contribution in [1.82, 2.24) is 0 Å². The van der Waals surface area contributed by atoms with Crippen LogP contribution >= 0.6 is 0 Å². The number of hydrogen-bond acceptors (Lipinski definition) is 2. The summed E-state index contributed by atoms with van der Waals surface area (Å²) in [7, 11) is 0. The molecule has 0 aromatic carbocycles. The van der Waals surface area contributed by atoms with Gasteiger partial charge in [-0.05, 0) is 26.0 Å². The van der Waals surface area contributed by atoms with E-state index in [1.807, 2.05) is 6.92 Å². The molecule has 1 N–H and O–H groups in total. The molecule has 0 bridgehead atoms. The van der Waals surface area contributed by atoms with Crippen LogP contribution in [0.3, 0.4) is 0 Å². The van der Waals surface area contributed by atoms with Gasteiger partial charge in [-0.3, -0.25) is 4.99 Å². The minimum absolute atomic E-state index is 0.0116. The average Bonchev–Trinajstić information content (AvgIpc) is 1.77. The lowest BCUT2D eigenvalue weighted by Gasteiger charge is -2.25. The second kappa shape index (κ2) is 1.95. The van der Waals surface area contributed by atoms with Crippen LogP contribution in [0.4, 0.5) is 0 Å². The zero-order valence-electron chi connectivity index (χ0n) is 5.70. The maximum Gasteiger partial charge on any atom is 0.102 e. The molecule has 0 fully saturated rings. The highest BCUT2D eigenvalue weighted by Crippen LogP contribution is 2.16. The Bertz CT molecular complexity index is 158. The van der Waals surface area contributed by atoms with Gasteiger partial charge in [-0.2, -0.15) is 0 Å². The Morgan fingerprint density at radius 2 is 2.33 bits per heavy atom. The van der Waals surface area contributed by atoms with Crippen molar-refractivity contribution >= 4 is 6.21 Å². The molecule has 2 unspecified atom stereocenters. The van der Waals surface area contributed by atoms with E-state index in [1.54, 1.807) is 25.3 Å². The van der Waals surface area contributed by atoms with Crippen molar-refractivity contribution in [3.63, 3.8) is 0 Å². The van der Waals surface area contributed by atoms with E-state index >= 15 is 0 Å². The Balaban J connectivity index is 2.78. The van der Waals surface area contributed by atoms with Crippen LogP contribution in [-0.4, -0.2) is 23.0 Å². The van der Waals surface area contributed by atoms with Crippen LogP contribution < -0.4 is 0 Å². The molecule has 50 valence electrons. The Morgan fingerprint density at radius 1 is 1.67 bits per heavy atom. The second-order valence-electron chi connectivity index (χ2n) is 2.56. The van der Waals surface area contributed by atoms with Crippen LogP contribution in [0.2, 0.25) is 0 Å². The predicted molar refractivity (Wildman–Crippen MR) is 37.7 cm³/mol. The molecule has 0 aromatic rings. The number of allylic oxidation sites excluding steroid dienone is 1. The molecular formula is C7H11NO.